The molecule has 1 aliphatic heterocycles. The molecule has 1 fully saturated rings. The number of aromatic nitrogens is 1. The highest BCUT2D eigenvalue weighted by Gasteiger charge is 2.31. The molecule has 30 heavy (non-hydrogen) atoms. The number of ether oxygens (including phenoxy) is 1. The fraction of sp³-hybridized carbons (Fsp3) is 0.261. The molecule has 0 unspecified atom stereocenters. The number of halogens is 3. The molecule has 3 aromatic rings. The van der Waals surface area contributed by atoms with Crippen molar-refractivity contribution in [2.24, 2.45) is 0 Å². The van der Waals surface area contributed by atoms with E-state index in [0.29, 0.717) is 13.0 Å². The van der Waals surface area contributed by atoms with Gasteiger partial charge in [-0.3, -0.25) is 0 Å². The maximum atomic E-state index is 12.7. The smallest absolute Gasteiger partial charge is 0.417 e. The van der Waals surface area contributed by atoms with Gasteiger partial charge >= 0.3 is 6.18 Å². The Kier molecular flexibility index (Phi) is 5.63. The average molecular weight is 414 g/mol. The minimum atomic E-state index is -4.41. The maximum Gasteiger partial charge on any atom is 0.417 e. The fourth-order valence-electron chi connectivity index (χ4n) is 3.66. The van der Waals surface area contributed by atoms with Crippen LogP contribution in [0.2, 0.25) is 0 Å². The first kappa shape index (κ1) is 20.2. The molecule has 7 heteroatoms. The summed E-state index contributed by atoms with van der Waals surface area (Å²) in [4.78, 5) is 5.90. The van der Waals surface area contributed by atoms with E-state index in [1.807, 2.05) is 48.5 Å². The van der Waals surface area contributed by atoms with Crippen LogP contribution in [0, 0.1) is 0 Å². The van der Waals surface area contributed by atoms with Gasteiger partial charge in [-0.15, -0.1) is 0 Å². The van der Waals surface area contributed by atoms with E-state index < -0.39 is 11.7 Å². The molecule has 0 amide bonds. The number of hydrogen-bond acceptors (Lipinski definition) is 4. The number of nitrogens with zero attached hydrogens (tertiary/aromatic N) is 2. The summed E-state index contributed by atoms with van der Waals surface area (Å²) in [6, 6.07) is 18.2. The van der Waals surface area contributed by atoms with E-state index in [1.165, 1.54) is 6.07 Å². The van der Waals surface area contributed by atoms with Gasteiger partial charge in [-0.1, -0.05) is 36.4 Å². The van der Waals surface area contributed by atoms with Crippen LogP contribution in [0.4, 0.5) is 18.9 Å². The summed E-state index contributed by atoms with van der Waals surface area (Å²) in [5.41, 5.74) is 3.07. The van der Waals surface area contributed by atoms with Crippen molar-refractivity contribution >= 4 is 5.69 Å². The van der Waals surface area contributed by atoms with Crippen LogP contribution in [0.3, 0.4) is 0 Å². The molecule has 0 saturated carbocycles. The van der Waals surface area contributed by atoms with Gasteiger partial charge in [-0.25, -0.2) is 4.98 Å². The summed E-state index contributed by atoms with van der Waals surface area (Å²) in [5, 5.41) is 9.88. The number of benzene rings is 2. The van der Waals surface area contributed by atoms with Gasteiger partial charge in [0.2, 0.25) is 5.88 Å². The van der Waals surface area contributed by atoms with Crippen LogP contribution in [-0.2, 0) is 12.8 Å². The molecule has 4 rings (SSSR count). The van der Waals surface area contributed by atoms with E-state index in [4.69, 9.17) is 4.74 Å². The first-order valence-electron chi connectivity index (χ1n) is 9.68. The van der Waals surface area contributed by atoms with Gasteiger partial charge in [-0.2, -0.15) is 13.2 Å². The second kappa shape index (κ2) is 8.36. The number of aliphatic hydroxyl groups excluding tert-OH is 1. The van der Waals surface area contributed by atoms with Crippen LogP contribution in [0.1, 0.15) is 17.5 Å². The molecule has 1 aliphatic rings. The van der Waals surface area contributed by atoms with Crippen molar-refractivity contribution in [2.75, 3.05) is 18.0 Å². The van der Waals surface area contributed by atoms with Crippen LogP contribution < -0.4 is 9.64 Å². The van der Waals surface area contributed by atoms with E-state index in [9.17, 15) is 18.3 Å². The molecule has 156 valence electrons. The second-order valence-corrected chi connectivity index (χ2v) is 7.23. The summed E-state index contributed by atoms with van der Waals surface area (Å²) >= 11 is 0. The molecule has 0 aliphatic carbocycles. The highest BCUT2D eigenvalue weighted by molar-refractivity contribution is 5.69. The Labute approximate surface area is 172 Å². The molecular weight excluding hydrogens is 393 g/mol. The lowest BCUT2D eigenvalue weighted by Crippen LogP contribution is -2.25. The molecule has 0 bridgehead atoms. The van der Waals surface area contributed by atoms with Gasteiger partial charge in [0.25, 0.3) is 0 Å². The highest BCUT2D eigenvalue weighted by Crippen LogP contribution is 2.32. The summed E-state index contributed by atoms with van der Waals surface area (Å²) in [7, 11) is 0. The van der Waals surface area contributed by atoms with E-state index in [1.54, 1.807) is 0 Å². The van der Waals surface area contributed by atoms with Gasteiger partial charge in [0.1, 0.15) is 6.10 Å². The predicted molar refractivity (Wildman–Crippen MR) is 108 cm³/mol. The molecule has 0 radical (unpaired) electrons. The average Bonchev–Trinajstić information content (AvgIpc) is 3.22. The summed E-state index contributed by atoms with van der Waals surface area (Å²) in [5.74, 6) is 0.177. The number of aliphatic hydroxyl groups is 1. The van der Waals surface area contributed by atoms with Crippen LogP contribution in [0.25, 0.3) is 11.1 Å². The Morgan fingerprint density at radius 1 is 1.03 bits per heavy atom. The summed E-state index contributed by atoms with van der Waals surface area (Å²) < 4.78 is 43.8. The third kappa shape index (κ3) is 4.41. The quantitative estimate of drug-likeness (QED) is 0.644. The monoisotopic (exact) mass is 414 g/mol. The highest BCUT2D eigenvalue weighted by atomic mass is 19.4. The van der Waals surface area contributed by atoms with Crippen LogP contribution in [-0.4, -0.2) is 29.3 Å². The fourth-order valence-corrected chi connectivity index (χ4v) is 3.66. The third-order valence-electron chi connectivity index (χ3n) is 5.19. The van der Waals surface area contributed by atoms with Gasteiger partial charge in [-0.05, 0) is 29.3 Å². The molecule has 4 nitrogen and oxygen atoms in total. The van der Waals surface area contributed by atoms with Gasteiger partial charge in [0.15, 0.2) is 0 Å². The molecule has 1 atom stereocenters. The topological polar surface area (TPSA) is 45.6 Å². The zero-order chi connectivity index (χ0) is 21.1. The molecule has 1 aromatic heterocycles. The van der Waals surface area contributed by atoms with Crippen molar-refractivity contribution < 1.29 is 23.0 Å². The number of hydrogen-bond donors (Lipinski definition) is 1. The van der Waals surface area contributed by atoms with Gasteiger partial charge < -0.3 is 14.7 Å². The Morgan fingerprint density at radius 3 is 2.50 bits per heavy atom. The molecule has 2 aromatic carbocycles. The lowest BCUT2D eigenvalue weighted by Gasteiger charge is -2.22. The standard InChI is InChI=1S/C23H21F3N2O2/c24-23(25,26)19-7-9-22(27-13-19)30-20-10-11-28(14-20)21-8-6-17(12-18(21)15-29)16-4-2-1-3-5-16/h1-9,12-13,20,29H,10-11,14-15H2/t20-/m1/s1. The lowest BCUT2D eigenvalue weighted by molar-refractivity contribution is -0.137. The number of alkyl halides is 3. The lowest BCUT2D eigenvalue weighted by atomic mass is 10.0. The van der Waals surface area contributed by atoms with Crippen LogP contribution >= 0.6 is 0 Å². The second-order valence-electron chi connectivity index (χ2n) is 7.23. The third-order valence-corrected chi connectivity index (χ3v) is 5.19. The van der Waals surface area contributed by atoms with Crippen molar-refractivity contribution in [1.82, 2.24) is 4.98 Å². The first-order valence-corrected chi connectivity index (χ1v) is 9.68. The van der Waals surface area contributed by atoms with Crippen molar-refractivity contribution in [3.63, 3.8) is 0 Å². The molecule has 1 saturated heterocycles. The van der Waals surface area contributed by atoms with Crippen LogP contribution in [0.5, 0.6) is 5.88 Å². The van der Waals surface area contributed by atoms with E-state index in [2.05, 4.69) is 9.88 Å². The molecule has 1 N–H and O–H groups in total. The Bertz CT molecular complexity index is 992. The molecule has 2 heterocycles. The van der Waals surface area contributed by atoms with E-state index in [-0.39, 0.29) is 18.6 Å². The van der Waals surface area contributed by atoms with Crippen molar-refractivity contribution in [3.8, 4) is 17.0 Å². The normalized spacial score (nSPS) is 16.7. The van der Waals surface area contributed by atoms with Crippen molar-refractivity contribution in [1.29, 1.82) is 0 Å². The number of anilines is 1. The number of rotatable bonds is 5. The van der Waals surface area contributed by atoms with Gasteiger partial charge in [0, 0.05) is 36.5 Å². The summed E-state index contributed by atoms with van der Waals surface area (Å²) in [6.45, 7) is 1.21. The van der Waals surface area contributed by atoms with Crippen molar-refractivity contribution in [3.05, 3.63) is 78.0 Å². The zero-order valence-corrected chi connectivity index (χ0v) is 16.1. The van der Waals surface area contributed by atoms with Gasteiger partial charge in [0.05, 0.1) is 18.7 Å². The molecule has 0 spiro atoms. The minimum Gasteiger partial charge on any atom is -0.472 e. The largest absolute Gasteiger partial charge is 0.472 e. The maximum absolute atomic E-state index is 12.7. The zero-order valence-electron chi connectivity index (χ0n) is 16.1. The predicted octanol–water partition coefficient (Wildman–Crippen LogP) is 4.92. The SMILES string of the molecule is OCc1cc(-c2ccccc2)ccc1N1CC[C@@H](Oc2ccc(C(F)(F)F)cn2)C1. The van der Waals surface area contributed by atoms with E-state index in [0.717, 1.165) is 41.2 Å². The first-order chi connectivity index (χ1) is 14.4. The number of pyridine rings is 1. The Balaban J connectivity index is 1.45. The van der Waals surface area contributed by atoms with Crippen molar-refractivity contribution in [2.45, 2.75) is 25.3 Å². The van der Waals surface area contributed by atoms with E-state index >= 15 is 0 Å². The van der Waals surface area contributed by atoms with Crippen LogP contribution in [0.15, 0.2) is 66.9 Å². The molecular formula is C23H21F3N2O2. The summed E-state index contributed by atoms with van der Waals surface area (Å²) in [6.07, 6.45) is -3.10. The Morgan fingerprint density at radius 2 is 1.83 bits per heavy atom. The minimum absolute atomic E-state index is 0.0848. The Hall–Kier alpha value is -3.06.